The second-order valence-electron chi connectivity index (χ2n) is 4.80. The first-order chi connectivity index (χ1) is 8.24. The summed E-state index contributed by atoms with van der Waals surface area (Å²) in [5, 5.41) is 3.85. The number of likely N-dealkylation sites (tertiary alicyclic amines) is 1. The van der Waals surface area contributed by atoms with Crippen LogP contribution in [0.1, 0.15) is 19.8 Å². The van der Waals surface area contributed by atoms with Crippen LogP contribution in [0, 0.1) is 5.92 Å². The van der Waals surface area contributed by atoms with Crippen molar-refractivity contribution < 1.29 is 0 Å². The number of hydrogen-bond acceptors (Lipinski definition) is 3. The number of nitrogens with one attached hydrogen (secondary N) is 1. The molecule has 1 saturated heterocycles. The smallest absolute Gasteiger partial charge is 0.131 e. The normalized spacial score (nSPS) is 18.2. The molecule has 0 amide bonds. The Morgan fingerprint density at radius 3 is 2.88 bits per heavy atom. The molecule has 17 heavy (non-hydrogen) atoms. The van der Waals surface area contributed by atoms with E-state index in [4.69, 9.17) is 11.6 Å². The summed E-state index contributed by atoms with van der Waals surface area (Å²) in [6.45, 7) is 6.81. The van der Waals surface area contributed by atoms with E-state index in [2.05, 4.69) is 22.1 Å². The second kappa shape index (κ2) is 6.22. The van der Waals surface area contributed by atoms with Crippen LogP contribution in [0.5, 0.6) is 0 Å². The number of pyridine rings is 1. The third-order valence-corrected chi connectivity index (χ3v) is 3.54. The predicted octanol–water partition coefficient (Wildman–Crippen LogP) is 2.88. The maximum absolute atomic E-state index is 5.83. The largest absolute Gasteiger partial charge is 0.369 e. The quantitative estimate of drug-likeness (QED) is 0.837. The summed E-state index contributed by atoms with van der Waals surface area (Å²) in [4.78, 5) is 6.72. The highest BCUT2D eigenvalue weighted by Crippen LogP contribution is 2.15. The van der Waals surface area contributed by atoms with Crippen molar-refractivity contribution in [1.29, 1.82) is 0 Å². The number of nitrogens with zero attached hydrogens (tertiary/aromatic N) is 2. The maximum atomic E-state index is 5.83. The number of hydrogen-bond donors (Lipinski definition) is 1. The van der Waals surface area contributed by atoms with Crippen molar-refractivity contribution in [2.24, 2.45) is 5.92 Å². The van der Waals surface area contributed by atoms with Crippen molar-refractivity contribution >= 4 is 17.4 Å². The van der Waals surface area contributed by atoms with E-state index in [1.54, 1.807) is 6.07 Å². The van der Waals surface area contributed by atoms with E-state index in [1.807, 2.05) is 12.1 Å². The first kappa shape index (κ1) is 12.7. The van der Waals surface area contributed by atoms with Crippen LogP contribution in [0.15, 0.2) is 18.2 Å². The van der Waals surface area contributed by atoms with Crippen LogP contribution >= 0.6 is 11.6 Å². The van der Waals surface area contributed by atoms with Crippen LogP contribution in [0.2, 0.25) is 5.15 Å². The Kier molecular flexibility index (Phi) is 4.63. The van der Waals surface area contributed by atoms with Gasteiger partial charge >= 0.3 is 0 Å². The van der Waals surface area contributed by atoms with Crippen molar-refractivity contribution in [2.45, 2.75) is 19.8 Å². The van der Waals surface area contributed by atoms with Gasteiger partial charge in [0.05, 0.1) is 0 Å². The fourth-order valence-electron chi connectivity index (χ4n) is 2.13. The van der Waals surface area contributed by atoms with Crippen LogP contribution in [-0.4, -0.2) is 36.1 Å². The molecule has 0 unspecified atom stereocenters. The molecule has 0 saturated carbocycles. The third kappa shape index (κ3) is 4.17. The molecule has 2 rings (SSSR count). The first-order valence-corrected chi connectivity index (χ1v) is 6.70. The van der Waals surface area contributed by atoms with Gasteiger partial charge < -0.3 is 10.2 Å². The summed E-state index contributed by atoms with van der Waals surface area (Å²) >= 11 is 5.83. The zero-order valence-corrected chi connectivity index (χ0v) is 11.1. The van der Waals surface area contributed by atoms with Gasteiger partial charge in [0.2, 0.25) is 0 Å². The number of aromatic nitrogens is 1. The molecule has 1 N–H and O–H groups in total. The van der Waals surface area contributed by atoms with Crippen LogP contribution in [0.4, 0.5) is 5.82 Å². The summed E-state index contributed by atoms with van der Waals surface area (Å²) in [7, 11) is 0. The Balaban J connectivity index is 1.69. The Labute approximate surface area is 108 Å². The minimum absolute atomic E-state index is 0.543. The molecule has 1 aliphatic rings. The van der Waals surface area contributed by atoms with Crippen LogP contribution in [0.3, 0.4) is 0 Å². The average Bonchev–Trinajstić information content (AvgIpc) is 2.32. The SMILES string of the molecule is CC1CCN(CCNc2cccc(Cl)n2)CC1. The van der Waals surface area contributed by atoms with E-state index in [-0.39, 0.29) is 0 Å². The molecule has 0 aromatic carbocycles. The molecule has 3 nitrogen and oxygen atoms in total. The molecule has 1 aromatic heterocycles. The van der Waals surface area contributed by atoms with Gasteiger partial charge in [-0.1, -0.05) is 24.6 Å². The lowest BCUT2D eigenvalue weighted by Crippen LogP contribution is -2.36. The van der Waals surface area contributed by atoms with Gasteiger partial charge in [0, 0.05) is 13.1 Å². The summed E-state index contributed by atoms with van der Waals surface area (Å²) in [6.07, 6.45) is 2.66. The molecular weight excluding hydrogens is 234 g/mol. The molecule has 0 atom stereocenters. The molecule has 1 fully saturated rings. The zero-order chi connectivity index (χ0) is 12.1. The second-order valence-corrected chi connectivity index (χ2v) is 5.18. The molecule has 0 radical (unpaired) electrons. The molecule has 1 aromatic rings. The van der Waals surface area contributed by atoms with Crippen LogP contribution in [0.25, 0.3) is 0 Å². The van der Waals surface area contributed by atoms with Gasteiger partial charge in [0.25, 0.3) is 0 Å². The Hall–Kier alpha value is -0.800. The van der Waals surface area contributed by atoms with E-state index in [0.717, 1.165) is 24.8 Å². The molecule has 2 heterocycles. The summed E-state index contributed by atoms with van der Waals surface area (Å²) < 4.78 is 0. The van der Waals surface area contributed by atoms with Crippen molar-refractivity contribution in [2.75, 3.05) is 31.5 Å². The van der Waals surface area contributed by atoms with Gasteiger partial charge in [0.1, 0.15) is 11.0 Å². The summed E-state index contributed by atoms with van der Waals surface area (Å²) in [5.74, 6) is 1.76. The fourth-order valence-corrected chi connectivity index (χ4v) is 2.30. The molecule has 94 valence electrons. The fraction of sp³-hybridized carbons (Fsp3) is 0.615. The van der Waals surface area contributed by atoms with Gasteiger partial charge in [-0.2, -0.15) is 0 Å². The minimum atomic E-state index is 0.543. The molecular formula is C13H20ClN3. The van der Waals surface area contributed by atoms with Gasteiger partial charge in [-0.15, -0.1) is 0 Å². The predicted molar refractivity (Wildman–Crippen MR) is 72.6 cm³/mol. The highest BCUT2D eigenvalue weighted by atomic mass is 35.5. The lowest BCUT2D eigenvalue weighted by atomic mass is 9.99. The average molecular weight is 254 g/mol. The molecule has 0 aliphatic carbocycles. The molecule has 4 heteroatoms. The van der Waals surface area contributed by atoms with Crippen LogP contribution < -0.4 is 5.32 Å². The van der Waals surface area contributed by atoms with Gasteiger partial charge in [0.15, 0.2) is 0 Å². The molecule has 0 spiro atoms. The Bertz CT molecular complexity index is 348. The van der Waals surface area contributed by atoms with Crippen molar-refractivity contribution in [1.82, 2.24) is 9.88 Å². The lowest BCUT2D eigenvalue weighted by Gasteiger charge is -2.30. The van der Waals surface area contributed by atoms with E-state index >= 15 is 0 Å². The number of anilines is 1. The van der Waals surface area contributed by atoms with Gasteiger partial charge in [-0.05, 0) is 44.0 Å². The van der Waals surface area contributed by atoms with Crippen molar-refractivity contribution in [3.05, 3.63) is 23.4 Å². The van der Waals surface area contributed by atoms with Crippen molar-refractivity contribution in [3.63, 3.8) is 0 Å². The maximum Gasteiger partial charge on any atom is 0.131 e. The van der Waals surface area contributed by atoms with E-state index in [1.165, 1.54) is 25.9 Å². The van der Waals surface area contributed by atoms with E-state index in [9.17, 15) is 0 Å². The molecule has 0 bridgehead atoms. The highest BCUT2D eigenvalue weighted by Gasteiger charge is 2.14. The van der Waals surface area contributed by atoms with Gasteiger partial charge in [-0.25, -0.2) is 4.98 Å². The molecule has 1 aliphatic heterocycles. The Morgan fingerprint density at radius 1 is 1.41 bits per heavy atom. The van der Waals surface area contributed by atoms with Crippen molar-refractivity contribution in [3.8, 4) is 0 Å². The van der Waals surface area contributed by atoms with Crippen LogP contribution in [-0.2, 0) is 0 Å². The minimum Gasteiger partial charge on any atom is -0.369 e. The lowest BCUT2D eigenvalue weighted by molar-refractivity contribution is 0.199. The van der Waals surface area contributed by atoms with Gasteiger partial charge in [-0.3, -0.25) is 0 Å². The third-order valence-electron chi connectivity index (χ3n) is 3.33. The number of rotatable bonds is 4. The summed E-state index contributed by atoms with van der Waals surface area (Å²) in [5.41, 5.74) is 0. The monoisotopic (exact) mass is 253 g/mol. The Morgan fingerprint density at radius 2 is 2.18 bits per heavy atom. The summed E-state index contributed by atoms with van der Waals surface area (Å²) in [6, 6.07) is 5.66. The van der Waals surface area contributed by atoms with E-state index in [0.29, 0.717) is 5.15 Å². The van der Waals surface area contributed by atoms with E-state index < -0.39 is 0 Å². The first-order valence-electron chi connectivity index (χ1n) is 6.33. The number of piperidine rings is 1. The zero-order valence-electron chi connectivity index (χ0n) is 10.3. The topological polar surface area (TPSA) is 28.2 Å². The standard InChI is InChI=1S/C13H20ClN3/c1-11-5-8-17(9-6-11)10-7-15-13-4-2-3-12(14)16-13/h2-4,11H,5-10H2,1H3,(H,15,16). The highest BCUT2D eigenvalue weighted by molar-refractivity contribution is 6.29. The number of halogens is 1.